The second kappa shape index (κ2) is 7.91. The highest BCUT2D eigenvalue weighted by Crippen LogP contribution is 2.27. The van der Waals surface area contributed by atoms with Crippen LogP contribution in [0, 0.1) is 0 Å². The fourth-order valence-corrected chi connectivity index (χ4v) is 3.09. The first kappa shape index (κ1) is 16.5. The lowest BCUT2D eigenvalue weighted by Crippen LogP contribution is -2.40. The smallest absolute Gasteiger partial charge is 0.115 e. The van der Waals surface area contributed by atoms with Crippen molar-refractivity contribution in [2.75, 3.05) is 13.1 Å². The molecule has 0 saturated heterocycles. The Morgan fingerprint density at radius 2 is 1.84 bits per heavy atom. The number of phenols is 1. The molecule has 3 heteroatoms. The molecular weight excluding hydrogens is 302 g/mol. The summed E-state index contributed by atoms with van der Waals surface area (Å²) in [5.41, 5.74) is 2.78. The number of hydrogen-bond donors (Lipinski definition) is 1. The van der Waals surface area contributed by atoms with Gasteiger partial charge < -0.3 is 10.0 Å². The van der Waals surface area contributed by atoms with E-state index in [4.69, 9.17) is 0 Å². The molecule has 1 aliphatic rings. The molecule has 0 saturated carbocycles. The van der Waals surface area contributed by atoms with Crippen molar-refractivity contribution in [3.8, 4) is 5.75 Å². The van der Waals surface area contributed by atoms with Crippen LogP contribution in [-0.2, 0) is 12.8 Å². The van der Waals surface area contributed by atoms with Crippen molar-refractivity contribution in [1.29, 1.82) is 0 Å². The Morgan fingerprint density at radius 1 is 1.16 bits per heavy atom. The van der Waals surface area contributed by atoms with Crippen LogP contribution in [0.5, 0.6) is 5.75 Å². The van der Waals surface area contributed by atoms with E-state index in [0.717, 1.165) is 12.8 Å². The summed E-state index contributed by atoms with van der Waals surface area (Å²) >= 11 is 0. The number of nitrogens with zero attached hydrogens (tertiary/aromatic N) is 1. The first-order chi connectivity index (χ1) is 8.74. The zero-order valence-electron chi connectivity index (χ0n) is 12.1. The van der Waals surface area contributed by atoms with Gasteiger partial charge in [-0.25, -0.2) is 0 Å². The molecule has 0 fully saturated rings. The average molecular weight is 328 g/mol. The van der Waals surface area contributed by atoms with E-state index in [1.807, 2.05) is 12.1 Å². The number of halogens is 1. The van der Waals surface area contributed by atoms with Gasteiger partial charge in [0.05, 0.1) is 0 Å². The van der Waals surface area contributed by atoms with Crippen molar-refractivity contribution in [3.63, 3.8) is 0 Å². The number of rotatable bonds is 5. The summed E-state index contributed by atoms with van der Waals surface area (Å²) in [7, 11) is 0. The van der Waals surface area contributed by atoms with E-state index in [-0.39, 0.29) is 17.0 Å². The molecule has 0 aromatic heterocycles. The van der Waals surface area contributed by atoms with Crippen molar-refractivity contribution < 1.29 is 5.11 Å². The predicted molar refractivity (Wildman–Crippen MR) is 86.4 cm³/mol. The van der Waals surface area contributed by atoms with E-state index < -0.39 is 0 Å². The van der Waals surface area contributed by atoms with Gasteiger partial charge in [-0.1, -0.05) is 19.9 Å². The molecule has 0 radical (unpaired) electrons. The van der Waals surface area contributed by atoms with Gasteiger partial charge in [0.15, 0.2) is 0 Å². The fraction of sp³-hybridized carbons (Fsp3) is 0.625. The lowest BCUT2D eigenvalue weighted by Gasteiger charge is -2.35. The third-order valence-electron chi connectivity index (χ3n) is 3.93. The van der Waals surface area contributed by atoms with E-state index >= 15 is 0 Å². The van der Waals surface area contributed by atoms with Crippen LogP contribution in [0.4, 0.5) is 0 Å². The van der Waals surface area contributed by atoms with E-state index in [1.54, 1.807) is 0 Å². The number of phenolic OH excluding ortho intramolecular Hbond substituents is 1. The molecule has 1 aliphatic carbocycles. The molecule has 1 N–H and O–H groups in total. The summed E-state index contributed by atoms with van der Waals surface area (Å²) in [4.78, 5) is 2.65. The van der Waals surface area contributed by atoms with Crippen molar-refractivity contribution in [1.82, 2.24) is 4.90 Å². The van der Waals surface area contributed by atoms with Gasteiger partial charge >= 0.3 is 0 Å². The summed E-state index contributed by atoms with van der Waals surface area (Å²) in [5, 5.41) is 9.52. The minimum absolute atomic E-state index is 0. The highest BCUT2D eigenvalue weighted by Gasteiger charge is 2.23. The van der Waals surface area contributed by atoms with Crippen LogP contribution >= 0.6 is 17.0 Å². The van der Waals surface area contributed by atoms with Crippen LogP contribution in [0.1, 0.15) is 44.2 Å². The molecule has 1 aromatic rings. The summed E-state index contributed by atoms with van der Waals surface area (Å²) in [6.45, 7) is 6.95. The molecule has 108 valence electrons. The van der Waals surface area contributed by atoms with Crippen LogP contribution in [0.25, 0.3) is 0 Å². The number of fused-ring (bicyclic) bond motifs is 1. The van der Waals surface area contributed by atoms with Crippen molar-refractivity contribution in [2.24, 2.45) is 0 Å². The molecule has 0 heterocycles. The van der Waals surface area contributed by atoms with Gasteiger partial charge in [0.2, 0.25) is 0 Å². The Morgan fingerprint density at radius 3 is 2.47 bits per heavy atom. The predicted octanol–water partition coefficient (Wildman–Crippen LogP) is 3.95. The fourth-order valence-electron chi connectivity index (χ4n) is 3.09. The van der Waals surface area contributed by atoms with Gasteiger partial charge in [-0.05, 0) is 68.5 Å². The molecule has 2 nitrogen and oxygen atoms in total. The average Bonchev–Trinajstić information content (AvgIpc) is 2.38. The molecule has 0 aliphatic heterocycles. The lowest BCUT2D eigenvalue weighted by atomic mass is 9.87. The molecule has 1 atom stereocenters. The van der Waals surface area contributed by atoms with E-state index in [9.17, 15) is 5.11 Å². The monoisotopic (exact) mass is 327 g/mol. The summed E-state index contributed by atoms with van der Waals surface area (Å²) < 4.78 is 0. The Bertz CT molecular complexity index is 388. The van der Waals surface area contributed by atoms with Crippen molar-refractivity contribution in [2.45, 2.75) is 52.0 Å². The van der Waals surface area contributed by atoms with Gasteiger partial charge in [0, 0.05) is 6.04 Å². The second-order valence-corrected chi connectivity index (χ2v) is 5.39. The zero-order valence-corrected chi connectivity index (χ0v) is 13.8. The maximum absolute atomic E-state index is 9.52. The maximum atomic E-state index is 9.52. The highest BCUT2D eigenvalue weighted by atomic mass is 79.9. The van der Waals surface area contributed by atoms with E-state index in [2.05, 4.69) is 24.8 Å². The SMILES string of the molecule is Br.CCCN(CCC)[C@H]1CCc2cc(O)ccc2C1. The second-order valence-electron chi connectivity index (χ2n) is 5.39. The Hall–Kier alpha value is -0.540. The molecule has 0 amide bonds. The minimum Gasteiger partial charge on any atom is -0.508 e. The summed E-state index contributed by atoms with van der Waals surface area (Å²) in [6, 6.07) is 6.56. The third-order valence-corrected chi connectivity index (χ3v) is 3.93. The zero-order chi connectivity index (χ0) is 13.0. The summed E-state index contributed by atoms with van der Waals surface area (Å²) in [6.07, 6.45) is 5.96. The standard InChI is InChI=1S/C16H25NO.BrH/c1-3-9-17(10-4-2)15-7-5-14-12-16(18)8-6-13(14)11-15;/h6,8,12,15,18H,3-5,7,9-11H2,1-2H3;1H/t15-;/m0./s1. The normalized spacial score (nSPS) is 17.9. The van der Waals surface area contributed by atoms with Gasteiger partial charge in [0.25, 0.3) is 0 Å². The lowest BCUT2D eigenvalue weighted by molar-refractivity contribution is 0.180. The van der Waals surface area contributed by atoms with Gasteiger partial charge in [-0.2, -0.15) is 0 Å². The Kier molecular flexibility index (Phi) is 6.87. The van der Waals surface area contributed by atoms with Gasteiger partial charge in [0.1, 0.15) is 5.75 Å². The molecule has 0 unspecified atom stereocenters. The Balaban J connectivity index is 0.00000180. The molecule has 1 aromatic carbocycles. The molecule has 0 bridgehead atoms. The molecular formula is C16H26BrNO. The highest BCUT2D eigenvalue weighted by molar-refractivity contribution is 8.93. The van der Waals surface area contributed by atoms with E-state index in [1.165, 1.54) is 43.5 Å². The summed E-state index contributed by atoms with van der Waals surface area (Å²) in [5.74, 6) is 0.408. The molecule has 2 rings (SSSR count). The number of aryl methyl sites for hydroxylation is 1. The number of hydrogen-bond acceptors (Lipinski definition) is 2. The topological polar surface area (TPSA) is 23.5 Å². The molecule has 0 spiro atoms. The Labute approximate surface area is 127 Å². The number of benzene rings is 1. The van der Waals surface area contributed by atoms with Crippen LogP contribution in [-0.4, -0.2) is 29.1 Å². The quantitative estimate of drug-likeness (QED) is 0.885. The van der Waals surface area contributed by atoms with Crippen molar-refractivity contribution >= 4 is 17.0 Å². The van der Waals surface area contributed by atoms with Crippen LogP contribution < -0.4 is 0 Å². The van der Waals surface area contributed by atoms with Crippen molar-refractivity contribution in [3.05, 3.63) is 29.3 Å². The first-order valence-electron chi connectivity index (χ1n) is 7.29. The minimum atomic E-state index is 0. The van der Waals surface area contributed by atoms with Crippen LogP contribution in [0.3, 0.4) is 0 Å². The third kappa shape index (κ3) is 4.22. The molecule has 19 heavy (non-hydrogen) atoms. The maximum Gasteiger partial charge on any atom is 0.115 e. The van der Waals surface area contributed by atoms with Crippen LogP contribution in [0.2, 0.25) is 0 Å². The van der Waals surface area contributed by atoms with E-state index in [0.29, 0.717) is 11.8 Å². The van der Waals surface area contributed by atoms with Crippen LogP contribution in [0.15, 0.2) is 18.2 Å². The first-order valence-corrected chi connectivity index (χ1v) is 7.29. The van der Waals surface area contributed by atoms with Gasteiger partial charge in [-0.15, -0.1) is 17.0 Å². The number of aromatic hydroxyl groups is 1. The van der Waals surface area contributed by atoms with Gasteiger partial charge in [-0.3, -0.25) is 0 Å². The largest absolute Gasteiger partial charge is 0.508 e.